The first kappa shape index (κ1) is 9.16. The number of rotatable bonds is 3. The number of amides is 1. The van der Waals surface area contributed by atoms with Crippen molar-refractivity contribution in [2.45, 2.75) is 0 Å². The van der Waals surface area contributed by atoms with Crippen molar-refractivity contribution in [3.05, 3.63) is 28.2 Å². The molecule has 0 aliphatic carbocycles. The fraction of sp³-hybridized carbons (Fsp3) is 0. The Kier molecular flexibility index (Phi) is 3.19. The normalized spacial score (nSPS) is 9.17. The summed E-state index contributed by atoms with van der Waals surface area (Å²) in [4.78, 5) is 9.92. The average Bonchev–Trinajstić information content (AvgIpc) is 2.07. The molecule has 5 heteroatoms. The van der Waals surface area contributed by atoms with Crippen LogP contribution >= 0.6 is 23.2 Å². The molecule has 3 nitrogen and oxygen atoms in total. The van der Waals surface area contributed by atoms with Gasteiger partial charge in [0.1, 0.15) is 0 Å². The van der Waals surface area contributed by atoms with E-state index in [0.29, 0.717) is 22.1 Å². The smallest absolute Gasteiger partial charge is 0.225 e. The van der Waals surface area contributed by atoms with Gasteiger partial charge in [0.25, 0.3) is 0 Å². The van der Waals surface area contributed by atoms with Crippen LogP contribution in [0.3, 0.4) is 0 Å². The third kappa shape index (κ3) is 2.29. The van der Waals surface area contributed by atoms with E-state index >= 15 is 0 Å². The summed E-state index contributed by atoms with van der Waals surface area (Å²) in [5, 5.41) is 1.04. The van der Waals surface area contributed by atoms with Crippen LogP contribution in [0, 0.1) is 0 Å². The standard InChI is InChI=1S/C7H6Cl2N2O/c8-5-1-2-6(9)7(3-5)11-10-4-12/h1-4,11H,(H,10,12). The molecule has 12 heavy (non-hydrogen) atoms. The fourth-order valence-corrected chi connectivity index (χ4v) is 1.04. The Morgan fingerprint density at radius 1 is 1.33 bits per heavy atom. The first-order chi connectivity index (χ1) is 5.74. The van der Waals surface area contributed by atoms with E-state index in [9.17, 15) is 4.79 Å². The molecule has 1 aromatic carbocycles. The van der Waals surface area contributed by atoms with Gasteiger partial charge in [-0.1, -0.05) is 23.2 Å². The molecule has 0 radical (unpaired) electrons. The minimum absolute atomic E-state index is 0.494. The first-order valence-electron chi connectivity index (χ1n) is 3.14. The molecule has 0 aliphatic rings. The van der Waals surface area contributed by atoms with Crippen LogP contribution in [0.4, 0.5) is 5.69 Å². The van der Waals surface area contributed by atoms with E-state index in [-0.39, 0.29) is 0 Å². The molecule has 0 aromatic heterocycles. The van der Waals surface area contributed by atoms with E-state index in [0.717, 1.165) is 0 Å². The number of nitrogens with one attached hydrogen (secondary N) is 2. The molecule has 64 valence electrons. The molecule has 2 N–H and O–H groups in total. The molecule has 0 saturated heterocycles. The van der Waals surface area contributed by atoms with Gasteiger partial charge in [-0.15, -0.1) is 0 Å². The van der Waals surface area contributed by atoms with Gasteiger partial charge in [-0.3, -0.25) is 15.6 Å². The third-order valence-corrected chi connectivity index (χ3v) is 1.76. The summed E-state index contributed by atoms with van der Waals surface area (Å²) in [6.45, 7) is 0. The fourth-order valence-electron chi connectivity index (χ4n) is 0.701. The molecule has 0 atom stereocenters. The third-order valence-electron chi connectivity index (χ3n) is 1.19. The summed E-state index contributed by atoms with van der Waals surface area (Å²) < 4.78 is 0. The predicted molar refractivity (Wildman–Crippen MR) is 49.3 cm³/mol. The van der Waals surface area contributed by atoms with Gasteiger partial charge < -0.3 is 0 Å². The Morgan fingerprint density at radius 3 is 2.75 bits per heavy atom. The van der Waals surface area contributed by atoms with Gasteiger partial charge in [0.05, 0.1) is 10.7 Å². The van der Waals surface area contributed by atoms with E-state index in [2.05, 4.69) is 10.9 Å². The Morgan fingerprint density at radius 2 is 2.08 bits per heavy atom. The molecule has 0 heterocycles. The maximum absolute atomic E-state index is 9.92. The van der Waals surface area contributed by atoms with Crippen LogP contribution in [-0.2, 0) is 4.79 Å². The van der Waals surface area contributed by atoms with E-state index in [1.807, 2.05) is 0 Å². The highest BCUT2D eigenvalue weighted by Crippen LogP contribution is 2.24. The first-order valence-corrected chi connectivity index (χ1v) is 3.90. The van der Waals surface area contributed by atoms with Crippen molar-refractivity contribution in [2.75, 3.05) is 5.43 Å². The number of benzene rings is 1. The highest BCUT2D eigenvalue weighted by atomic mass is 35.5. The molecule has 1 amide bonds. The largest absolute Gasteiger partial charge is 0.297 e. The lowest BCUT2D eigenvalue weighted by Crippen LogP contribution is -2.19. The second-order valence-corrected chi connectivity index (χ2v) is 2.85. The average molecular weight is 205 g/mol. The van der Waals surface area contributed by atoms with Crippen molar-refractivity contribution < 1.29 is 4.79 Å². The number of hydrogen-bond acceptors (Lipinski definition) is 2. The Balaban J connectivity index is 2.82. The van der Waals surface area contributed by atoms with Gasteiger partial charge >= 0.3 is 0 Å². The van der Waals surface area contributed by atoms with Crippen LogP contribution in [0.5, 0.6) is 0 Å². The lowest BCUT2D eigenvalue weighted by atomic mass is 10.3. The summed E-state index contributed by atoms with van der Waals surface area (Å²) in [6, 6.07) is 4.91. The van der Waals surface area contributed by atoms with Crippen LogP contribution in [0.15, 0.2) is 18.2 Å². The van der Waals surface area contributed by atoms with Crippen molar-refractivity contribution in [3.8, 4) is 0 Å². The molecular formula is C7H6Cl2N2O. The predicted octanol–water partition coefficient (Wildman–Crippen LogP) is 2.07. The summed E-state index contributed by atoms with van der Waals surface area (Å²) in [5.74, 6) is 0. The quantitative estimate of drug-likeness (QED) is 0.585. The van der Waals surface area contributed by atoms with Crippen LogP contribution in [0.2, 0.25) is 10.0 Å². The number of hydrazine groups is 1. The minimum Gasteiger partial charge on any atom is -0.297 e. The topological polar surface area (TPSA) is 41.1 Å². The Hall–Kier alpha value is -0.930. The zero-order valence-electron chi connectivity index (χ0n) is 5.97. The van der Waals surface area contributed by atoms with Crippen LogP contribution in [0.25, 0.3) is 0 Å². The van der Waals surface area contributed by atoms with Crippen molar-refractivity contribution in [3.63, 3.8) is 0 Å². The van der Waals surface area contributed by atoms with E-state index in [1.165, 1.54) is 0 Å². The minimum atomic E-state index is 0.494. The van der Waals surface area contributed by atoms with Crippen LogP contribution in [-0.4, -0.2) is 6.41 Å². The monoisotopic (exact) mass is 204 g/mol. The number of halogens is 2. The Bertz CT molecular complexity index is 291. The summed E-state index contributed by atoms with van der Waals surface area (Å²) >= 11 is 11.4. The molecule has 0 spiro atoms. The van der Waals surface area contributed by atoms with E-state index in [1.54, 1.807) is 18.2 Å². The highest BCUT2D eigenvalue weighted by molar-refractivity contribution is 6.35. The van der Waals surface area contributed by atoms with Crippen molar-refractivity contribution in [2.24, 2.45) is 0 Å². The second-order valence-electron chi connectivity index (χ2n) is 2.01. The molecule has 0 fully saturated rings. The molecular weight excluding hydrogens is 199 g/mol. The van der Waals surface area contributed by atoms with Gasteiger partial charge in [-0.05, 0) is 18.2 Å². The lowest BCUT2D eigenvalue weighted by molar-refractivity contribution is -0.109. The number of anilines is 1. The van der Waals surface area contributed by atoms with Gasteiger partial charge in [-0.25, -0.2) is 0 Å². The van der Waals surface area contributed by atoms with Gasteiger partial charge in [0.2, 0.25) is 6.41 Å². The van der Waals surface area contributed by atoms with E-state index in [4.69, 9.17) is 23.2 Å². The van der Waals surface area contributed by atoms with Crippen LogP contribution < -0.4 is 10.9 Å². The van der Waals surface area contributed by atoms with Crippen molar-refractivity contribution in [1.29, 1.82) is 0 Å². The highest BCUT2D eigenvalue weighted by Gasteiger charge is 1.98. The van der Waals surface area contributed by atoms with Crippen molar-refractivity contribution in [1.82, 2.24) is 5.43 Å². The number of carbonyl (C=O) groups is 1. The summed E-state index contributed by atoms with van der Waals surface area (Å²) in [7, 11) is 0. The zero-order valence-corrected chi connectivity index (χ0v) is 7.49. The molecule has 0 bridgehead atoms. The SMILES string of the molecule is O=CNNc1cc(Cl)ccc1Cl. The lowest BCUT2D eigenvalue weighted by Gasteiger charge is -2.05. The van der Waals surface area contributed by atoms with Crippen LogP contribution in [0.1, 0.15) is 0 Å². The number of carbonyl (C=O) groups excluding carboxylic acids is 1. The maximum atomic E-state index is 9.92. The molecule has 1 rings (SSSR count). The molecule has 0 saturated carbocycles. The molecule has 0 aliphatic heterocycles. The summed E-state index contributed by atoms with van der Waals surface area (Å²) in [6.07, 6.45) is 0.511. The van der Waals surface area contributed by atoms with Gasteiger partial charge in [0.15, 0.2) is 0 Å². The second kappa shape index (κ2) is 4.18. The van der Waals surface area contributed by atoms with Gasteiger partial charge in [-0.2, -0.15) is 0 Å². The Labute approximate surface area is 79.6 Å². The number of hydrogen-bond donors (Lipinski definition) is 2. The summed E-state index contributed by atoms with van der Waals surface area (Å²) in [5.41, 5.74) is 5.39. The van der Waals surface area contributed by atoms with E-state index < -0.39 is 0 Å². The van der Waals surface area contributed by atoms with Crippen molar-refractivity contribution >= 4 is 35.3 Å². The molecule has 1 aromatic rings. The maximum Gasteiger partial charge on any atom is 0.225 e. The van der Waals surface area contributed by atoms with Gasteiger partial charge in [0, 0.05) is 5.02 Å². The zero-order chi connectivity index (χ0) is 8.97. The molecule has 0 unspecified atom stereocenters.